The van der Waals surface area contributed by atoms with Gasteiger partial charge in [-0.15, -0.1) is 22.7 Å². The SMILES string of the molecule is O=C(NCc1nccs1)NC(C(=O)O)c1cccs1. The molecule has 6 nitrogen and oxygen atoms in total. The Morgan fingerprint density at radius 2 is 2.21 bits per heavy atom. The summed E-state index contributed by atoms with van der Waals surface area (Å²) in [6.45, 7) is 0.278. The molecule has 3 N–H and O–H groups in total. The molecule has 2 aromatic rings. The second kappa shape index (κ2) is 6.30. The Balaban J connectivity index is 1.90. The van der Waals surface area contributed by atoms with Crippen LogP contribution in [0.25, 0.3) is 0 Å². The summed E-state index contributed by atoms with van der Waals surface area (Å²) in [6.07, 6.45) is 1.64. The number of carbonyl (C=O) groups excluding carboxylic acids is 1. The molecular weight excluding hydrogens is 286 g/mol. The van der Waals surface area contributed by atoms with E-state index in [1.165, 1.54) is 22.7 Å². The molecule has 0 spiro atoms. The van der Waals surface area contributed by atoms with Gasteiger partial charge in [-0.1, -0.05) is 6.07 Å². The van der Waals surface area contributed by atoms with Crippen LogP contribution in [-0.2, 0) is 11.3 Å². The highest BCUT2D eigenvalue weighted by Gasteiger charge is 2.22. The number of thiazole rings is 1. The van der Waals surface area contributed by atoms with Gasteiger partial charge in [0.25, 0.3) is 0 Å². The number of thiophene rings is 1. The normalized spacial score (nSPS) is 11.8. The predicted octanol–water partition coefficient (Wildman–Crippen LogP) is 1.83. The Morgan fingerprint density at radius 1 is 1.37 bits per heavy atom. The van der Waals surface area contributed by atoms with Crippen LogP contribution in [-0.4, -0.2) is 22.1 Å². The standard InChI is InChI=1S/C11H11N3O3S2/c15-10(16)9(7-2-1-4-18-7)14-11(17)13-6-8-12-3-5-19-8/h1-5,9H,6H2,(H,15,16)(H2,13,14,17). The van der Waals surface area contributed by atoms with Gasteiger partial charge < -0.3 is 15.7 Å². The summed E-state index contributed by atoms with van der Waals surface area (Å²) >= 11 is 2.70. The molecule has 0 radical (unpaired) electrons. The van der Waals surface area contributed by atoms with E-state index in [2.05, 4.69) is 15.6 Å². The summed E-state index contributed by atoms with van der Waals surface area (Å²) in [6, 6.07) is 1.85. The summed E-state index contributed by atoms with van der Waals surface area (Å²) in [5, 5.41) is 18.4. The molecule has 0 saturated carbocycles. The monoisotopic (exact) mass is 297 g/mol. The number of carboxylic acids is 1. The average Bonchev–Trinajstić information content (AvgIpc) is 3.05. The van der Waals surface area contributed by atoms with Crippen molar-refractivity contribution >= 4 is 34.7 Å². The maximum atomic E-state index is 11.6. The second-order valence-corrected chi connectivity index (χ2v) is 5.50. The number of aliphatic carboxylic acids is 1. The molecule has 0 fully saturated rings. The van der Waals surface area contributed by atoms with Crippen molar-refractivity contribution in [1.29, 1.82) is 0 Å². The molecule has 2 rings (SSSR count). The fraction of sp³-hybridized carbons (Fsp3) is 0.182. The molecule has 19 heavy (non-hydrogen) atoms. The number of hydrogen-bond donors (Lipinski definition) is 3. The van der Waals surface area contributed by atoms with Gasteiger partial charge in [0.2, 0.25) is 0 Å². The molecule has 100 valence electrons. The zero-order chi connectivity index (χ0) is 13.7. The molecular formula is C11H11N3O3S2. The number of carbonyl (C=O) groups is 2. The van der Waals surface area contributed by atoms with Crippen LogP contribution in [0.4, 0.5) is 4.79 Å². The number of nitrogens with zero attached hydrogens (tertiary/aromatic N) is 1. The van der Waals surface area contributed by atoms with Gasteiger partial charge in [-0.05, 0) is 11.4 Å². The van der Waals surface area contributed by atoms with Crippen molar-refractivity contribution in [3.8, 4) is 0 Å². The van der Waals surface area contributed by atoms with E-state index in [0.717, 1.165) is 5.01 Å². The summed E-state index contributed by atoms with van der Waals surface area (Å²) in [7, 11) is 0. The van der Waals surface area contributed by atoms with Crippen molar-refractivity contribution in [3.63, 3.8) is 0 Å². The van der Waals surface area contributed by atoms with Gasteiger partial charge >= 0.3 is 12.0 Å². The van der Waals surface area contributed by atoms with E-state index in [-0.39, 0.29) is 6.54 Å². The van der Waals surface area contributed by atoms with Crippen LogP contribution in [0.15, 0.2) is 29.1 Å². The van der Waals surface area contributed by atoms with Crippen LogP contribution >= 0.6 is 22.7 Å². The minimum absolute atomic E-state index is 0.278. The lowest BCUT2D eigenvalue weighted by Crippen LogP contribution is -2.40. The van der Waals surface area contributed by atoms with E-state index in [0.29, 0.717) is 4.88 Å². The summed E-state index contributed by atoms with van der Waals surface area (Å²) in [5.41, 5.74) is 0. The highest BCUT2D eigenvalue weighted by Crippen LogP contribution is 2.18. The van der Waals surface area contributed by atoms with E-state index < -0.39 is 18.0 Å². The Labute approximate surface area is 117 Å². The Hall–Kier alpha value is -1.93. The molecule has 0 aliphatic heterocycles. The fourth-order valence-electron chi connectivity index (χ4n) is 1.39. The van der Waals surface area contributed by atoms with Gasteiger partial charge in [0.1, 0.15) is 5.01 Å². The maximum absolute atomic E-state index is 11.6. The first-order valence-corrected chi connectivity index (χ1v) is 7.11. The van der Waals surface area contributed by atoms with Crippen molar-refractivity contribution in [2.24, 2.45) is 0 Å². The molecule has 1 unspecified atom stereocenters. The van der Waals surface area contributed by atoms with Crippen molar-refractivity contribution in [1.82, 2.24) is 15.6 Å². The van der Waals surface area contributed by atoms with Crippen LogP contribution in [0, 0.1) is 0 Å². The highest BCUT2D eigenvalue weighted by molar-refractivity contribution is 7.10. The highest BCUT2D eigenvalue weighted by atomic mass is 32.1. The van der Waals surface area contributed by atoms with Crippen molar-refractivity contribution in [2.45, 2.75) is 12.6 Å². The number of nitrogens with one attached hydrogen (secondary N) is 2. The number of carboxylic acid groups (broad SMARTS) is 1. The number of hydrogen-bond acceptors (Lipinski definition) is 5. The zero-order valence-electron chi connectivity index (χ0n) is 9.70. The maximum Gasteiger partial charge on any atom is 0.331 e. The van der Waals surface area contributed by atoms with E-state index in [1.807, 2.05) is 0 Å². The third-order valence-electron chi connectivity index (χ3n) is 2.23. The predicted molar refractivity (Wildman–Crippen MR) is 72.2 cm³/mol. The zero-order valence-corrected chi connectivity index (χ0v) is 11.3. The van der Waals surface area contributed by atoms with E-state index in [1.54, 1.807) is 29.1 Å². The van der Waals surface area contributed by atoms with E-state index in [9.17, 15) is 9.59 Å². The largest absolute Gasteiger partial charge is 0.479 e. The molecule has 0 aliphatic rings. The third-order valence-corrected chi connectivity index (χ3v) is 3.95. The Morgan fingerprint density at radius 3 is 2.79 bits per heavy atom. The quantitative estimate of drug-likeness (QED) is 0.785. The smallest absolute Gasteiger partial charge is 0.331 e. The molecule has 8 heteroatoms. The van der Waals surface area contributed by atoms with Crippen LogP contribution in [0.2, 0.25) is 0 Å². The molecule has 1 atom stereocenters. The van der Waals surface area contributed by atoms with Gasteiger partial charge in [0.05, 0.1) is 6.54 Å². The van der Waals surface area contributed by atoms with Gasteiger partial charge in [0, 0.05) is 16.5 Å². The molecule has 0 aromatic carbocycles. The molecule has 0 aliphatic carbocycles. The minimum atomic E-state index is -1.09. The van der Waals surface area contributed by atoms with Gasteiger partial charge in [-0.2, -0.15) is 0 Å². The van der Waals surface area contributed by atoms with Crippen LogP contribution in [0.1, 0.15) is 15.9 Å². The topological polar surface area (TPSA) is 91.3 Å². The number of amides is 2. The van der Waals surface area contributed by atoms with Gasteiger partial charge in [-0.25, -0.2) is 14.6 Å². The third kappa shape index (κ3) is 3.76. The Kier molecular flexibility index (Phi) is 4.48. The van der Waals surface area contributed by atoms with Crippen molar-refractivity contribution < 1.29 is 14.7 Å². The average molecular weight is 297 g/mol. The molecule has 2 aromatic heterocycles. The summed E-state index contributed by atoms with van der Waals surface area (Å²) in [4.78, 5) is 27.4. The van der Waals surface area contributed by atoms with Crippen molar-refractivity contribution in [2.75, 3.05) is 0 Å². The molecule has 0 bridgehead atoms. The van der Waals surface area contributed by atoms with Gasteiger partial charge in [0.15, 0.2) is 6.04 Å². The van der Waals surface area contributed by atoms with E-state index >= 15 is 0 Å². The lowest BCUT2D eigenvalue weighted by atomic mass is 10.2. The first-order chi connectivity index (χ1) is 9.16. The first kappa shape index (κ1) is 13.5. The lowest BCUT2D eigenvalue weighted by Gasteiger charge is -2.13. The second-order valence-electron chi connectivity index (χ2n) is 3.54. The first-order valence-electron chi connectivity index (χ1n) is 5.36. The lowest BCUT2D eigenvalue weighted by molar-refractivity contribution is -0.139. The Bertz CT molecular complexity index is 540. The molecule has 0 saturated heterocycles. The minimum Gasteiger partial charge on any atom is -0.479 e. The summed E-state index contributed by atoms with van der Waals surface area (Å²) in [5.74, 6) is -1.09. The summed E-state index contributed by atoms with van der Waals surface area (Å²) < 4.78 is 0. The van der Waals surface area contributed by atoms with Crippen molar-refractivity contribution in [3.05, 3.63) is 39.0 Å². The molecule has 2 heterocycles. The molecule has 2 amide bonds. The van der Waals surface area contributed by atoms with Crippen LogP contribution in [0.3, 0.4) is 0 Å². The van der Waals surface area contributed by atoms with Gasteiger partial charge in [-0.3, -0.25) is 0 Å². The van der Waals surface area contributed by atoms with E-state index in [4.69, 9.17) is 5.11 Å². The number of urea groups is 1. The van der Waals surface area contributed by atoms with Crippen LogP contribution < -0.4 is 10.6 Å². The fourth-order valence-corrected chi connectivity index (χ4v) is 2.71. The number of rotatable bonds is 5. The number of aromatic nitrogens is 1. The van der Waals surface area contributed by atoms with Crippen LogP contribution in [0.5, 0.6) is 0 Å².